The molecule has 1 rings (SSSR count). The standard InChI is InChI=1S/C7H5F3N2O/c8-7(9,10)13-6-3-1-5(12-11)2-4-6/h1,3-4H,2H2. The molecule has 0 aromatic carbocycles. The molecular weight excluding hydrogens is 185 g/mol. The number of rotatable bonds is 1. The molecule has 0 aliphatic heterocycles. The minimum absolute atomic E-state index is 0.123. The van der Waals surface area contributed by atoms with Crippen molar-refractivity contribution in [3.63, 3.8) is 0 Å². The molecule has 0 atom stereocenters. The Hall–Kier alpha value is -1.55. The first-order valence-electron chi connectivity index (χ1n) is 3.36. The van der Waals surface area contributed by atoms with Crippen molar-refractivity contribution in [2.75, 3.05) is 0 Å². The molecule has 0 N–H and O–H groups in total. The Labute approximate surface area is 71.7 Å². The van der Waals surface area contributed by atoms with Crippen LogP contribution in [-0.4, -0.2) is 16.9 Å². The van der Waals surface area contributed by atoms with Gasteiger partial charge >= 0.3 is 6.36 Å². The van der Waals surface area contributed by atoms with E-state index in [1.54, 1.807) is 0 Å². The molecule has 1 aliphatic rings. The van der Waals surface area contributed by atoms with Gasteiger partial charge in [0.1, 0.15) is 5.76 Å². The molecular formula is C7H5F3N2O. The van der Waals surface area contributed by atoms with Crippen LogP contribution >= 0.6 is 0 Å². The van der Waals surface area contributed by atoms with Crippen molar-refractivity contribution in [3.05, 3.63) is 29.5 Å². The van der Waals surface area contributed by atoms with Crippen LogP contribution in [0.25, 0.3) is 5.53 Å². The van der Waals surface area contributed by atoms with Crippen molar-refractivity contribution >= 4 is 5.71 Å². The lowest BCUT2D eigenvalue weighted by molar-refractivity contribution is -0.303. The van der Waals surface area contributed by atoms with Gasteiger partial charge in [0.05, 0.1) is 6.42 Å². The molecule has 0 radical (unpaired) electrons. The number of alkyl halides is 3. The highest BCUT2D eigenvalue weighted by Gasteiger charge is 2.32. The second kappa shape index (κ2) is 3.45. The highest BCUT2D eigenvalue weighted by molar-refractivity contribution is 5.92. The van der Waals surface area contributed by atoms with E-state index in [-0.39, 0.29) is 17.9 Å². The van der Waals surface area contributed by atoms with E-state index in [1.165, 1.54) is 12.2 Å². The van der Waals surface area contributed by atoms with Crippen LogP contribution in [0.3, 0.4) is 0 Å². The zero-order chi connectivity index (χ0) is 9.90. The Bertz CT molecular complexity index is 310. The summed E-state index contributed by atoms with van der Waals surface area (Å²) in [7, 11) is 0. The van der Waals surface area contributed by atoms with Crippen molar-refractivity contribution in [1.29, 1.82) is 0 Å². The van der Waals surface area contributed by atoms with Crippen LogP contribution in [0.2, 0.25) is 0 Å². The molecule has 0 saturated carbocycles. The highest BCUT2D eigenvalue weighted by Crippen LogP contribution is 2.22. The molecule has 3 nitrogen and oxygen atoms in total. The Kier molecular flexibility index (Phi) is 2.53. The summed E-state index contributed by atoms with van der Waals surface area (Å²) in [6, 6.07) is 0. The van der Waals surface area contributed by atoms with Gasteiger partial charge in [-0.15, -0.1) is 13.2 Å². The molecule has 1 aliphatic carbocycles. The summed E-state index contributed by atoms with van der Waals surface area (Å²) in [5.41, 5.74) is 8.54. The van der Waals surface area contributed by atoms with Crippen molar-refractivity contribution in [2.24, 2.45) is 0 Å². The van der Waals surface area contributed by atoms with Gasteiger partial charge in [-0.25, -0.2) is 0 Å². The minimum atomic E-state index is -4.68. The van der Waals surface area contributed by atoms with Gasteiger partial charge in [-0.05, 0) is 12.2 Å². The Morgan fingerprint density at radius 1 is 1.38 bits per heavy atom. The van der Waals surface area contributed by atoms with Gasteiger partial charge < -0.3 is 10.3 Å². The third-order valence-corrected chi connectivity index (χ3v) is 1.31. The van der Waals surface area contributed by atoms with E-state index < -0.39 is 6.36 Å². The summed E-state index contributed by atoms with van der Waals surface area (Å²) in [6.45, 7) is 0. The predicted octanol–water partition coefficient (Wildman–Crippen LogP) is 2.04. The molecule has 0 saturated heterocycles. The Balaban J connectivity index is 2.63. The highest BCUT2D eigenvalue weighted by atomic mass is 19.4. The SMILES string of the molecule is [N-]=[N+]=C1C=CC(OC(F)(F)F)=CC1. The molecule has 0 heterocycles. The molecule has 0 spiro atoms. The molecule has 0 aromatic heterocycles. The lowest BCUT2D eigenvalue weighted by atomic mass is 10.1. The average Bonchev–Trinajstić information content (AvgIpc) is 2.03. The lowest BCUT2D eigenvalue weighted by Crippen LogP contribution is -2.13. The zero-order valence-corrected chi connectivity index (χ0v) is 6.38. The number of halogens is 3. The molecule has 70 valence electrons. The van der Waals surface area contributed by atoms with Gasteiger partial charge in [-0.1, -0.05) is 0 Å². The van der Waals surface area contributed by atoms with E-state index in [2.05, 4.69) is 9.53 Å². The summed E-state index contributed by atoms with van der Waals surface area (Å²) < 4.78 is 38.5. The third kappa shape index (κ3) is 3.13. The van der Waals surface area contributed by atoms with Crippen LogP contribution in [0.15, 0.2) is 24.0 Å². The first-order chi connectivity index (χ1) is 6.01. The number of hydrogen-bond acceptors (Lipinski definition) is 1. The van der Waals surface area contributed by atoms with Gasteiger partial charge in [0.15, 0.2) is 0 Å². The van der Waals surface area contributed by atoms with E-state index in [4.69, 9.17) is 5.53 Å². The van der Waals surface area contributed by atoms with E-state index >= 15 is 0 Å². The molecule has 0 unspecified atom stereocenters. The quantitative estimate of drug-likeness (QED) is 0.461. The van der Waals surface area contributed by atoms with Gasteiger partial charge in [-0.2, -0.15) is 4.79 Å². The van der Waals surface area contributed by atoms with Gasteiger partial charge in [-0.3, -0.25) is 0 Å². The summed E-state index contributed by atoms with van der Waals surface area (Å²) in [5, 5.41) is 0. The molecule has 13 heavy (non-hydrogen) atoms. The summed E-state index contributed by atoms with van der Waals surface area (Å²) >= 11 is 0. The van der Waals surface area contributed by atoms with Crippen LogP contribution in [0.1, 0.15) is 6.42 Å². The van der Waals surface area contributed by atoms with Crippen molar-refractivity contribution in [1.82, 2.24) is 0 Å². The fourth-order valence-electron chi connectivity index (χ4n) is 0.803. The smallest absolute Gasteiger partial charge is 0.406 e. The van der Waals surface area contributed by atoms with Crippen molar-refractivity contribution < 1.29 is 22.7 Å². The molecule has 0 bridgehead atoms. The fraction of sp³-hybridized carbons (Fsp3) is 0.286. The molecule has 0 amide bonds. The number of hydrogen-bond donors (Lipinski definition) is 0. The lowest BCUT2D eigenvalue weighted by Gasteiger charge is -2.10. The first-order valence-corrected chi connectivity index (χ1v) is 3.36. The van der Waals surface area contributed by atoms with Crippen LogP contribution in [0.5, 0.6) is 0 Å². The van der Waals surface area contributed by atoms with E-state index in [9.17, 15) is 13.2 Å². The largest absolute Gasteiger partial charge is 0.573 e. The number of nitrogens with zero attached hydrogens (tertiary/aromatic N) is 2. The van der Waals surface area contributed by atoms with E-state index in [1.807, 2.05) is 0 Å². The number of allylic oxidation sites excluding steroid dienone is 3. The minimum Gasteiger partial charge on any atom is -0.406 e. The zero-order valence-electron chi connectivity index (χ0n) is 6.38. The number of ether oxygens (including phenoxy) is 1. The van der Waals surface area contributed by atoms with Crippen LogP contribution in [0, 0.1) is 0 Å². The normalized spacial score (nSPS) is 16.5. The third-order valence-electron chi connectivity index (χ3n) is 1.31. The average molecular weight is 190 g/mol. The molecule has 0 fully saturated rings. The summed E-state index contributed by atoms with van der Waals surface area (Å²) in [5.74, 6) is -0.292. The second-order valence-corrected chi connectivity index (χ2v) is 2.28. The van der Waals surface area contributed by atoms with Crippen LogP contribution in [0.4, 0.5) is 13.2 Å². The van der Waals surface area contributed by atoms with Gasteiger partial charge in [0.25, 0.3) is 5.71 Å². The summed E-state index contributed by atoms with van der Waals surface area (Å²) in [4.78, 5) is 2.83. The first kappa shape index (κ1) is 9.54. The predicted molar refractivity (Wildman–Crippen MR) is 37.6 cm³/mol. The maximum atomic E-state index is 11.6. The van der Waals surface area contributed by atoms with Crippen LogP contribution in [-0.2, 0) is 4.74 Å². The maximum Gasteiger partial charge on any atom is 0.573 e. The Morgan fingerprint density at radius 3 is 2.46 bits per heavy atom. The van der Waals surface area contributed by atoms with Crippen molar-refractivity contribution in [2.45, 2.75) is 12.8 Å². The van der Waals surface area contributed by atoms with Crippen molar-refractivity contribution in [3.8, 4) is 0 Å². The topological polar surface area (TPSA) is 45.6 Å². The molecule has 6 heteroatoms. The Morgan fingerprint density at radius 2 is 2.08 bits per heavy atom. The van der Waals surface area contributed by atoms with Crippen LogP contribution < -0.4 is 0 Å². The monoisotopic (exact) mass is 190 g/mol. The fourth-order valence-corrected chi connectivity index (χ4v) is 0.803. The van der Waals surface area contributed by atoms with Gasteiger partial charge in [0.2, 0.25) is 0 Å². The maximum absolute atomic E-state index is 11.6. The summed E-state index contributed by atoms with van der Waals surface area (Å²) in [6.07, 6.45) is -1.03. The van der Waals surface area contributed by atoms with E-state index in [0.29, 0.717) is 0 Å². The van der Waals surface area contributed by atoms with E-state index in [0.717, 1.165) is 6.08 Å². The second-order valence-electron chi connectivity index (χ2n) is 2.28. The van der Waals surface area contributed by atoms with Gasteiger partial charge in [0, 0.05) is 6.08 Å². The molecule has 0 aromatic rings.